The van der Waals surface area contributed by atoms with Crippen LogP contribution in [0.25, 0.3) is 0 Å². The molecule has 3 atom stereocenters. The van der Waals surface area contributed by atoms with Gasteiger partial charge in [-0.05, 0) is 65.8 Å². The van der Waals surface area contributed by atoms with Crippen LogP contribution < -0.4 is 4.74 Å². The number of carbonyl (C=O) groups excluding carboxylic acids is 1. The van der Waals surface area contributed by atoms with E-state index >= 15 is 0 Å². The Morgan fingerprint density at radius 1 is 0.958 bits per heavy atom. The molecule has 1 saturated carbocycles. The monoisotopic (exact) mass is 318 g/mol. The Kier molecular flexibility index (Phi) is 3.97. The van der Waals surface area contributed by atoms with Crippen molar-refractivity contribution < 1.29 is 9.53 Å². The largest absolute Gasteiger partial charge is 0.427 e. The predicted molar refractivity (Wildman–Crippen MR) is 95.1 cm³/mol. The maximum Gasteiger partial charge on any atom is 0.308 e. The number of benzene rings is 2. The van der Waals surface area contributed by atoms with Gasteiger partial charge in [0.15, 0.2) is 0 Å². The molecule has 0 aliphatic heterocycles. The second-order valence-electron chi connectivity index (χ2n) is 7.04. The van der Waals surface area contributed by atoms with Gasteiger partial charge in [0.1, 0.15) is 5.75 Å². The highest BCUT2D eigenvalue weighted by Gasteiger charge is 2.36. The second-order valence-corrected chi connectivity index (χ2v) is 7.04. The average Bonchev–Trinajstić information content (AvgIpc) is 3.20. The number of fused-ring (bicyclic) bond motifs is 2. The van der Waals surface area contributed by atoms with Gasteiger partial charge in [-0.2, -0.15) is 0 Å². The minimum absolute atomic E-state index is 0.284. The van der Waals surface area contributed by atoms with E-state index in [1.165, 1.54) is 36.5 Å². The molecule has 1 fully saturated rings. The second kappa shape index (κ2) is 6.27. The first-order valence-corrected chi connectivity index (χ1v) is 8.72. The highest BCUT2D eigenvalue weighted by Crippen LogP contribution is 2.48. The molecule has 0 radical (unpaired) electrons. The molecule has 122 valence electrons. The van der Waals surface area contributed by atoms with E-state index in [0.717, 1.165) is 24.2 Å². The van der Waals surface area contributed by atoms with Gasteiger partial charge >= 0.3 is 5.97 Å². The van der Waals surface area contributed by atoms with Gasteiger partial charge in [0, 0.05) is 6.92 Å². The predicted octanol–water partition coefficient (Wildman–Crippen LogP) is 4.88. The van der Waals surface area contributed by atoms with Crippen molar-refractivity contribution in [3.8, 4) is 5.75 Å². The maximum absolute atomic E-state index is 11.0. The fourth-order valence-corrected chi connectivity index (χ4v) is 4.12. The van der Waals surface area contributed by atoms with E-state index in [2.05, 4.69) is 36.4 Å². The van der Waals surface area contributed by atoms with Gasteiger partial charge in [-0.1, -0.05) is 48.6 Å². The molecule has 3 unspecified atom stereocenters. The van der Waals surface area contributed by atoms with Gasteiger partial charge in [0.25, 0.3) is 0 Å². The molecule has 24 heavy (non-hydrogen) atoms. The minimum Gasteiger partial charge on any atom is -0.427 e. The normalized spacial score (nSPS) is 24.3. The van der Waals surface area contributed by atoms with Gasteiger partial charge in [-0.3, -0.25) is 4.79 Å². The quantitative estimate of drug-likeness (QED) is 0.456. The van der Waals surface area contributed by atoms with Gasteiger partial charge < -0.3 is 4.74 Å². The molecule has 2 aliphatic rings. The number of rotatable bonds is 4. The summed E-state index contributed by atoms with van der Waals surface area (Å²) in [4.78, 5) is 11.0. The molecule has 2 aromatic carbocycles. The summed E-state index contributed by atoms with van der Waals surface area (Å²) in [5.74, 6) is 2.61. The molecule has 0 amide bonds. The van der Waals surface area contributed by atoms with E-state index in [-0.39, 0.29) is 5.97 Å². The van der Waals surface area contributed by atoms with Crippen LogP contribution in [0.2, 0.25) is 0 Å². The lowest BCUT2D eigenvalue weighted by molar-refractivity contribution is -0.131. The van der Waals surface area contributed by atoms with Crippen LogP contribution in [-0.4, -0.2) is 5.97 Å². The Labute approximate surface area is 143 Å². The molecule has 2 nitrogen and oxygen atoms in total. The first-order chi connectivity index (χ1) is 11.7. The van der Waals surface area contributed by atoms with Gasteiger partial charge in [0.05, 0.1) is 0 Å². The fraction of sp³-hybridized carbons (Fsp3) is 0.318. The zero-order valence-corrected chi connectivity index (χ0v) is 13.9. The summed E-state index contributed by atoms with van der Waals surface area (Å²) in [6.07, 6.45) is 8.38. The Morgan fingerprint density at radius 2 is 1.62 bits per heavy atom. The number of allylic oxidation sites excluding steroid dienone is 2. The summed E-state index contributed by atoms with van der Waals surface area (Å²) in [7, 11) is 0. The fourth-order valence-electron chi connectivity index (χ4n) is 4.12. The lowest BCUT2D eigenvalue weighted by Gasteiger charge is -2.18. The van der Waals surface area contributed by atoms with Crippen LogP contribution in [0, 0.1) is 11.8 Å². The summed E-state index contributed by atoms with van der Waals surface area (Å²) < 4.78 is 5.07. The Bertz CT molecular complexity index is 756. The highest BCUT2D eigenvalue weighted by molar-refractivity contribution is 5.69. The van der Waals surface area contributed by atoms with Crippen molar-refractivity contribution >= 4 is 5.97 Å². The number of esters is 1. The van der Waals surface area contributed by atoms with Gasteiger partial charge in [-0.25, -0.2) is 0 Å². The van der Waals surface area contributed by atoms with Gasteiger partial charge in [0.2, 0.25) is 0 Å². The molecule has 0 heterocycles. The van der Waals surface area contributed by atoms with Crippen molar-refractivity contribution in [2.24, 2.45) is 11.8 Å². The van der Waals surface area contributed by atoms with E-state index in [1.54, 1.807) is 0 Å². The van der Waals surface area contributed by atoms with Crippen molar-refractivity contribution in [3.63, 3.8) is 0 Å². The zero-order valence-electron chi connectivity index (χ0n) is 13.9. The van der Waals surface area contributed by atoms with Crippen molar-refractivity contribution in [1.82, 2.24) is 0 Å². The molecule has 4 rings (SSSR count). The SMILES string of the molecule is CC(=O)Oc1ccc(Cc2ccc(C3CC4C=CC3C4)cc2)cc1. The van der Waals surface area contributed by atoms with Crippen LogP contribution in [0.15, 0.2) is 60.7 Å². The summed E-state index contributed by atoms with van der Waals surface area (Å²) in [6, 6.07) is 16.9. The molecule has 0 aromatic heterocycles. The van der Waals surface area contributed by atoms with Crippen LogP contribution >= 0.6 is 0 Å². The summed E-state index contributed by atoms with van der Waals surface area (Å²) in [5, 5.41) is 0. The van der Waals surface area contributed by atoms with E-state index in [4.69, 9.17) is 4.74 Å². The van der Waals surface area contributed by atoms with E-state index in [1.807, 2.05) is 24.3 Å². The van der Waals surface area contributed by atoms with E-state index < -0.39 is 0 Å². The van der Waals surface area contributed by atoms with Crippen molar-refractivity contribution in [1.29, 1.82) is 0 Å². The first-order valence-electron chi connectivity index (χ1n) is 8.72. The molecular weight excluding hydrogens is 296 g/mol. The molecule has 2 bridgehead atoms. The molecule has 0 N–H and O–H groups in total. The van der Waals surface area contributed by atoms with Crippen LogP contribution in [0.5, 0.6) is 5.75 Å². The van der Waals surface area contributed by atoms with Crippen LogP contribution in [-0.2, 0) is 11.2 Å². The molecule has 2 aromatic rings. The van der Waals surface area contributed by atoms with Crippen LogP contribution in [0.4, 0.5) is 0 Å². The van der Waals surface area contributed by atoms with Crippen molar-refractivity contribution in [3.05, 3.63) is 77.4 Å². The molecular formula is C22H22O2. The molecule has 0 saturated heterocycles. The smallest absolute Gasteiger partial charge is 0.308 e. The Balaban J connectivity index is 1.42. The lowest BCUT2D eigenvalue weighted by atomic mass is 9.86. The van der Waals surface area contributed by atoms with Crippen LogP contribution in [0.1, 0.15) is 42.4 Å². The third-order valence-electron chi connectivity index (χ3n) is 5.28. The number of hydrogen-bond acceptors (Lipinski definition) is 2. The molecule has 2 aliphatic carbocycles. The van der Waals surface area contributed by atoms with Crippen molar-refractivity contribution in [2.75, 3.05) is 0 Å². The average molecular weight is 318 g/mol. The maximum atomic E-state index is 11.0. The summed E-state index contributed by atoms with van der Waals surface area (Å²) in [5.41, 5.74) is 4.03. The number of carbonyl (C=O) groups is 1. The molecule has 0 spiro atoms. The highest BCUT2D eigenvalue weighted by atomic mass is 16.5. The number of hydrogen-bond donors (Lipinski definition) is 0. The third kappa shape index (κ3) is 3.14. The Morgan fingerprint density at radius 3 is 2.17 bits per heavy atom. The summed E-state index contributed by atoms with van der Waals surface area (Å²) >= 11 is 0. The number of ether oxygens (including phenoxy) is 1. The third-order valence-corrected chi connectivity index (χ3v) is 5.28. The molecule has 2 heteroatoms. The van der Waals surface area contributed by atoms with Gasteiger partial charge in [-0.15, -0.1) is 0 Å². The van der Waals surface area contributed by atoms with Crippen molar-refractivity contribution in [2.45, 2.75) is 32.1 Å². The van der Waals surface area contributed by atoms with E-state index in [9.17, 15) is 4.79 Å². The zero-order chi connectivity index (χ0) is 16.5. The first kappa shape index (κ1) is 15.2. The van der Waals surface area contributed by atoms with Crippen LogP contribution in [0.3, 0.4) is 0 Å². The van der Waals surface area contributed by atoms with E-state index in [0.29, 0.717) is 5.75 Å². The summed E-state index contributed by atoms with van der Waals surface area (Å²) in [6.45, 7) is 1.42. The Hall–Kier alpha value is -2.35. The lowest BCUT2D eigenvalue weighted by Crippen LogP contribution is -2.05. The minimum atomic E-state index is -0.284. The standard InChI is InChI=1S/C22H22O2/c1-15(23)24-21-10-5-17(6-11-21)12-16-2-7-19(8-3-16)22-14-18-4-9-20(22)13-18/h2-11,18,20,22H,12-14H2,1H3. The topological polar surface area (TPSA) is 26.3 Å².